The van der Waals surface area contributed by atoms with Crippen molar-refractivity contribution < 1.29 is 15.3 Å². The highest BCUT2D eigenvalue weighted by Crippen LogP contribution is 2.13. The van der Waals surface area contributed by atoms with E-state index >= 15 is 0 Å². The van der Waals surface area contributed by atoms with Gasteiger partial charge in [0, 0.05) is 6.61 Å². The summed E-state index contributed by atoms with van der Waals surface area (Å²) in [5.74, 6) is 0. The first-order chi connectivity index (χ1) is 4.12. The molecule has 2 N–H and O–H groups in total. The molecule has 0 amide bonds. The molecule has 0 aromatic heterocycles. The first kappa shape index (κ1) is 8.88. The molecule has 0 bridgehead atoms. The highest BCUT2D eigenvalue weighted by molar-refractivity contribution is 4.65. The van der Waals surface area contributed by atoms with Crippen molar-refractivity contribution in [3.63, 3.8) is 0 Å². The Kier molecular flexibility index (Phi) is 3.77. The molecule has 0 aliphatic heterocycles. The average Bonchev–Trinajstić information content (AvgIpc) is 1.84. The van der Waals surface area contributed by atoms with E-state index in [2.05, 4.69) is 4.89 Å². The van der Waals surface area contributed by atoms with Crippen LogP contribution >= 0.6 is 0 Å². The van der Waals surface area contributed by atoms with Crippen LogP contribution < -0.4 is 0 Å². The van der Waals surface area contributed by atoms with Crippen LogP contribution in [0.4, 0.5) is 0 Å². The molecule has 0 aliphatic rings. The minimum atomic E-state index is -0.511. The van der Waals surface area contributed by atoms with E-state index in [9.17, 15) is 0 Å². The van der Waals surface area contributed by atoms with Crippen LogP contribution in [0.2, 0.25) is 0 Å². The molecular weight excluding hydrogens is 120 g/mol. The van der Waals surface area contributed by atoms with E-state index in [0.29, 0.717) is 12.8 Å². The van der Waals surface area contributed by atoms with E-state index in [0.717, 1.165) is 0 Å². The van der Waals surface area contributed by atoms with Gasteiger partial charge >= 0.3 is 0 Å². The Labute approximate surface area is 55.2 Å². The molecule has 0 heterocycles. The van der Waals surface area contributed by atoms with Crippen molar-refractivity contribution in [1.82, 2.24) is 0 Å². The second-order valence-electron chi connectivity index (χ2n) is 2.68. The molecule has 0 rings (SSSR count). The van der Waals surface area contributed by atoms with Crippen LogP contribution in [0, 0.1) is 0 Å². The van der Waals surface area contributed by atoms with Gasteiger partial charge in [-0.25, -0.2) is 4.89 Å². The van der Waals surface area contributed by atoms with Crippen LogP contribution in [0.1, 0.15) is 26.7 Å². The number of hydrogen-bond donors (Lipinski definition) is 2. The third kappa shape index (κ3) is 4.39. The van der Waals surface area contributed by atoms with E-state index in [4.69, 9.17) is 10.4 Å². The van der Waals surface area contributed by atoms with E-state index in [1.807, 2.05) is 0 Å². The summed E-state index contributed by atoms with van der Waals surface area (Å²) < 4.78 is 0. The minimum absolute atomic E-state index is 0.146. The molecule has 56 valence electrons. The van der Waals surface area contributed by atoms with E-state index in [-0.39, 0.29) is 6.61 Å². The smallest absolute Gasteiger partial charge is 0.0978 e. The standard InChI is InChI=1S/C6H14O3/c1-6(2,9-8)4-3-5-7/h7-8H,3-5H2,1-2H3. The fourth-order valence-corrected chi connectivity index (χ4v) is 0.550. The molecule has 0 radical (unpaired) electrons. The molecule has 0 fully saturated rings. The molecule has 0 aromatic carbocycles. The van der Waals surface area contributed by atoms with Crippen molar-refractivity contribution in [2.75, 3.05) is 6.61 Å². The molecule has 0 aliphatic carbocycles. The second-order valence-corrected chi connectivity index (χ2v) is 2.68. The first-order valence-electron chi connectivity index (χ1n) is 3.06. The predicted molar refractivity (Wildman–Crippen MR) is 34.1 cm³/mol. The molecule has 0 saturated heterocycles. The fourth-order valence-electron chi connectivity index (χ4n) is 0.550. The molecule has 0 unspecified atom stereocenters. The summed E-state index contributed by atoms with van der Waals surface area (Å²) in [4.78, 5) is 4.13. The number of rotatable bonds is 4. The molecule has 0 atom stereocenters. The monoisotopic (exact) mass is 134 g/mol. The van der Waals surface area contributed by atoms with Crippen LogP contribution in [0.15, 0.2) is 0 Å². The maximum atomic E-state index is 8.39. The lowest BCUT2D eigenvalue weighted by atomic mass is 10.0. The summed E-state index contributed by atoms with van der Waals surface area (Å²) in [5.41, 5.74) is -0.511. The van der Waals surface area contributed by atoms with Gasteiger partial charge in [0.05, 0.1) is 5.60 Å². The van der Waals surface area contributed by atoms with Gasteiger partial charge in [-0.3, -0.25) is 5.26 Å². The highest BCUT2D eigenvalue weighted by Gasteiger charge is 2.16. The summed E-state index contributed by atoms with van der Waals surface area (Å²) in [5, 5.41) is 16.6. The van der Waals surface area contributed by atoms with Crippen molar-refractivity contribution in [2.45, 2.75) is 32.3 Å². The summed E-state index contributed by atoms with van der Waals surface area (Å²) >= 11 is 0. The normalized spacial score (nSPS) is 12.0. The SMILES string of the molecule is CC(C)(CCCO)OO. The van der Waals surface area contributed by atoms with Gasteiger partial charge in [0.25, 0.3) is 0 Å². The summed E-state index contributed by atoms with van der Waals surface area (Å²) in [6, 6.07) is 0. The Balaban J connectivity index is 3.33. The van der Waals surface area contributed by atoms with E-state index < -0.39 is 5.60 Å². The summed E-state index contributed by atoms with van der Waals surface area (Å²) in [6.45, 7) is 3.68. The van der Waals surface area contributed by atoms with Crippen molar-refractivity contribution >= 4 is 0 Å². The van der Waals surface area contributed by atoms with E-state index in [1.54, 1.807) is 13.8 Å². The van der Waals surface area contributed by atoms with Crippen molar-refractivity contribution in [3.05, 3.63) is 0 Å². The Morgan fingerprint density at radius 3 is 2.33 bits per heavy atom. The quantitative estimate of drug-likeness (QED) is 0.446. The Morgan fingerprint density at radius 1 is 1.44 bits per heavy atom. The highest BCUT2D eigenvalue weighted by atomic mass is 17.1. The van der Waals surface area contributed by atoms with Gasteiger partial charge in [-0.05, 0) is 26.7 Å². The maximum Gasteiger partial charge on any atom is 0.0978 e. The van der Waals surface area contributed by atoms with Crippen LogP contribution in [0.3, 0.4) is 0 Å². The van der Waals surface area contributed by atoms with Crippen molar-refractivity contribution in [3.8, 4) is 0 Å². The number of aliphatic hydroxyl groups excluding tert-OH is 1. The minimum Gasteiger partial charge on any atom is -0.396 e. The van der Waals surface area contributed by atoms with E-state index in [1.165, 1.54) is 0 Å². The molecule has 0 saturated carbocycles. The predicted octanol–water partition coefficient (Wildman–Crippen LogP) is 1.03. The summed E-state index contributed by atoms with van der Waals surface area (Å²) in [6.07, 6.45) is 1.33. The van der Waals surface area contributed by atoms with Gasteiger partial charge in [0.15, 0.2) is 0 Å². The first-order valence-corrected chi connectivity index (χ1v) is 3.06. The largest absolute Gasteiger partial charge is 0.396 e. The zero-order valence-corrected chi connectivity index (χ0v) is 5.92. The van der Waals surface area contributed by atoms with Gasteiger partial charge in [-0.15, -0.1) is 0 Å². The number of hydrogen-bond acceptors (Lipinski definition) is 3. The second kappa shape index (κ2) is 3.82. The van der Waals surface area contributed by atoms with Gasteiger partial charge in [-0.2, -0.15) is 0 Å². The number of aliphatic hydroxyl groups is 1. The van der Waals surface area contributed by atoms with Crippen molar-refractivity contribution in [1.29, 1.82) is 0 Å². The van der Waals surface area contributed by atoms with Gasteiger partial charge in [-0.1, -0.05) is 0 Å². The van der Waals surface area contributed by atoms with Crippen molar-refractivity contribution in [2.24, 2.45) is 0 Å². The molecule has 3 nitrogen and oxygen atoms in total. The van der Waals surface area contributed by atoms with Crippen LogP contribution in [0.25, 0.3) is 0 Å². The molecule has 0 aromatic rings. The topological polar surface area (TPSA) is 49.7 Å². The third-order valence-corrected chi connectivity index (χ3v) is 1.18. The maximum absolute atomic E-state index is 8.39. The third-order valence-electron chi connectivity index (χ3n) is 1.18. The zero-order valence-electron chi connectivity index (χ0n) is 5.92. The van der Waals surface area contributed by atoms with Gasteiger partial charge in [0.1, 0.15) is 0 Å². The average molecular weight is 134 g/mol. The molecule has 3 heteroatoms. The summed E-state index contributed by atoms with van der Waals surface area (Å²) in [7, 11) is 0. The zero-order chi connectivity index (χ0) is 7.33. The Morgan fingerprint density at radius 2 is 2.00 bits per heavy atom. The molecule has 0 spiro atoms. The Hall–Kier alpha value is -0.120. The lowest BCUT2D eigenvalue weighted by molar-refractivity contribution is -0.314. The molecular formula is C6H14O3. The van der Waals surface area contributed by atoms with Crippen LogP contribution in [0.5, 0.6) is 0 Å². The van der Waals surface area contributed by atoms with Gasteiger partial charge < -0.3 is 5.11 Å². The lowest BCUT2D eigenvalue weighted by Gasteiger charge is -2.18. The molecule has 9 heavy (non-hydrogen) atoms. The van der Waals surface area contributed by atoms with Gasteiger partial charge in [0.2, 0.25) is 0 Å². The van der Waals surface area contributed by atoms with Crippen LogP contribution in [-0.2, 0) is 4.89 Å². The fraction of sp³-hybridized carbons (Fsp3) is 1.00. The van der Waals surface area contributed by atoms with Crippen LogP contribution in [-0.4, -0.2) is 22.6 Å². The lowest BCUT2D eigenvalue weighted by Crippen LogP contribution is -2.22. The Bertz CT molecular complexity index is 70.7.